The van der Waals surface area contributed by atoms with E-state index in [1.54, 1.807) is 0 Å². The average Bonchev–Trinajstić information content (AvgIpc) is 3.44. The van der Waals surface area contributed by atoms with Crippen LogP contribution in [0.15, 0.2) is 0 Å². The largest absolute Gasteiger partial charge is 1.00 e. The number of unbranched alkanes of at least 4 members (excludes halogenated alkanes) is 12. The Morgan fingerprint density at radius 2 is 1.42 bits per heavy atom. The van der Waals surface area contributed by atoms with Crippen molar-refractivity contribution in [3.8, 4) is 0 Å². The van der Waals surface area contributed by atoms with Crippen LogP contribution in [-0.2, 0) is 19.7 Å². The standard InChI is InChI=1S/C42H76N2O7S.Na/c1-5-6-7-8-9-10-11-12-13-14-15-16-17-18-39(48)44-32-23-24-41(3)31(27-32)28-36(45)40-34-21-20-33(42(34,4)37(46)29-35(40)41)30(2)19-22-38(47)43-25-26-52(49,50)51;/h30-37,40,45-46H,5-29H2,1-4H3,(H,43,47)(H,44,48)(H,49,50,51);/q;+1/p-1/t30-,31+,32+,33-,34+,35+,36-,37+,40+,41+,42-;/m1./s1. The fraction of sp³-hybridized carbons (Fsp3) is 0.952. The summed E-state index contributed by atoms with van der Waals surface area (Å²) >= 11 is 0. The molecule has 0 aliphatic heterocycles. The molecule has 11 atom stereocenters. The Labute approximate surface area is 345 Å². The second kappa shape index (κ2) is 22.1. The SMILES string of the molecule is CCCCCCCCCCCCCCCC(=O)N[C@H]1CC[C@@]2(C)[C@@H](C1)C[C@@H](O)[C@@H]1[C@@H]2C[C@H](O)[C@]2(C)[C@@H]([C@H](C)CCC(=O)NCCS(=O)(=O)[O-])CC[C@@H]12.[Na+]. The van der Waals surface area contributed by atoms with Gasteiger partial charge in [0.05, 0.1) is 28.1 Å². The number of amides is 2. The predicted octanol–water partition coefficient (Wildman–Crippen LogP) is 4.63. The number of rotatable bonds is 22. The molecule has 4 fully saturated rings. The number of hydrogen-bond acceptors (Lipinski definition) is 7. The molecular weight excluding hydrogens is 700 g/mol. The average molecular weight is 775 g/mol. The van der Waals surface area contributed by atoms with Crippen LogP contribution in [0.3, 0.4) is 0 Å². The van der Waals surface area contributed by atoms with Gasteiger partial charge in [0.2, 0.25) is 11.8 Å². The van der Waals surface area contributed by atoms with Gasteiger partial charge in [0.1, 0.15) is 0 Å². The summed E-state index contributed by atoms with van der Waals surface area (Å²) < 4.78 is 32.6. The zero-order valence-corrected chi connectivity index (χ0v) is 37.0. The Morgan fingerprint density at radius 1 is 0.811 bits per heavy atom. The Morgan fingerprint density at radius 3 is 2.02 bits per heavy atom. The Hall–Kier alpha value is -0.230. The van der Waals surface area contributed by atoms with E-state index in [1.807, 2.05) is 0 Å². The van der Waals surface area contributed by atoms with Gasteiger partial charge in [0.25, 0.3) is 0 Å². The topological polar surface area (TPSA) is 156 Å². The van der Waals surface area contributed by atoms with Crippen molar-refractivity contribution in [3.63, 3.8) is 0 Å². The third kappa shape index (κ3) is 12.9. The van der Waals surface area contributed by atoms with E-state index < -0.39 is 28.1 Å². The number of nitrogens with one attached hydrogen (secondary N) is 2. The maximum atomic E-state index is 13.0. The Bertz CT molecular complexity index is 1240. The van der Waals surface area contributed by atoms with E-state index in [1.165, 1.54) is 70.6 Å². The molecule has 4 aliphatic carbocycles. The van der Waals surface area contributed by atoms with Gasteiger partial charge < -0.3 is 25.4 Å². The first-order valence-electron chi connectivity index (χ1n) is 21.6. The second-order valence-corrected chi connectivity index (χ2v) is 19.8. The smallest absolute Gasteiger partial charge is 0.748 e. The van der Waals surface area contributed by atoms with Crippen LogP contribution in [0.25, 0.3) is 0 Å². The molecule has 302 valence electrons. The fourth-order valence-corrected chi connectivity index (χ4v) is 12.2. The summed E-state index contributed by atoms with van der Waals surface area (Å²) in [5.74, 6) is 0.640. The van der Waals surface area contributed by atoms with E-state index in [-0.39, 0.29) is 101 Å². The summed E-state index contributed by atoms with van der Waals surface area (Å²) in [5.41, 5.74) is -0.307. The van der Waals surface area contributed by atoms with Crippen molar-refractivity contribution in [1.82, 2.24) is 10.6 Å². The Balaban J connectivity index is 0.00000756. The molecule has 11 heteroatoms. The molecule has 0 aromatic rings. The molecule has 0 bridgehead atoms. The zero-order valence-electron chi connectivity index (χ0n) is 34.2. The van der Waals surface area contributed by atoms with E-state index in [4.69, 9.17) is 0 Å². The fourth-order valence-electron chi connectivity index (χ4n) is 11.9. The summed E-state index contributed by atoms with van der Waals surface area (Å²) in [7, 11) is -4.37. The van der Waals surface area contributed by atoms with Gasteiger partial charge in [0.15, 0.2) is 0 Å². The molecule has 4 N–H and O–H groups in total. The quantitative estimate of drug-likeness (QED) is 0.0710. The molecule has 4 rings (SSSR count). The van der Waals surface area contributed by atoms with E-state index in [2.05, 4.69) is 38.3 Å². The van der Waals surface area contributed by atoms with Gasteiger partial charge in [-0.05, 0) is 104 Å². The maximum absolute atomic E-state index is 13.0. The summed E-state index contributed by atoms with van der Waals surface area (Å²) in [6, 6.07) is 0.161. The maximum Gasteiger partial charge on any atom is 1.00 e. The van der Waals surface area contributed by atoms with Crippen molar-refractivity contribution < 1.29 is 62.3 Å². The molecule has 0 spiro atoms. The monoisotopic (exact) mass is 775 g/mol. The van der Waals surface area contributed by atoms with E-state index in [0.717, 1.165) is 51.4 Å². The molecule has 0 heterocycles. The molecule has 2 amide bonds. The molecule has 0 saturated heterocycles. The summed E-state index contributed by atoms with van der Waals surface area (Å²) in [6.07, 6.45) is 23.7. The van der Waals surface area contributed by atoms with Crippen LogP contribution in [0.1, 0.15) is 175 Å². The molecular formula is C42H75N2NaO7S. The third-order valence-corrected chi connectivity index (χ3v) is 15.6. The number of aliphatic hydroxyl groups is 2. The molecule has 0 unspecified atom stereocenters. The van der Waals surface area contributed by atoms with Gasteiger partial charge in [-0.3, -0.25) is 9.59 Å². The normalized spacial score (nSPS) is 34.2. The summed E-state index contributed by atoms with van der Waals surface area (Å²) in [4.78, 5) is 25.3. The van der Waals surface area contributed by atoms with Gasteiger partial charge in [-0.15, -0.1) is 0 Å². The van der Waals surface area contributed by atoms with Crippen LogP contribution >= 0.6 is 0 Å². The molecule has 0 radical (unpaired) electrons. The minimum absolute atomic E-state index is 0. The molecule has 4 saturated carbocycles. The first-order valence-corrected chi connectivity index (χ1v) is 23.1. The molecule has 0 aromatic carbocycles. The molecule has 4 aliphatic rings. The van der Waals surface area contributed by atoms with Crippen molar-refractivity contribution in [2.75, 3.05) is 12.3 Å². The van der Waals surface area contributed by atoms with E-state index >= 15 is 0 Å². The molecule has 0 aromatic heterocycles. The number of carbonyl (C=O) groups excluding carboxylic acids is 2. The van der Waals surface area contributed by atoms with Gasteiger partial charge >= 0.3 is 29.6 Å². The van der Waals surface area contributed by atoms with Crippen molar-refractivity contribution in [3.05, 3.63) is 0 Å². The van der Waals surface area contributed by atoms with Crippen LogP contribution in [0.5, 0.6) is 0 Å². The van der Waals surface area contributed by atoms with Crippen LogP contribution < -0.4 is 40.2 Å². The third-order valence-electron chi connectivity index (χ3n) is 14.9. The van der Waals surface area contributed by atoms with Crippen LogP contribution in [0.2, 0.25) is 0 Å². The van der Waals surface area contributed by atoms with Crippen LogP contribution in [0.4, 0.5) is 0 Å². The van der Waals surface area contributed by atoms with Gasteiger partial charge in [-0.2, -0.15) is 0 Å². The number of fused-ring (bicyclic) bond motifs is 5. The van der Waals surface area contributed by atoms with Gasteiger partial charge in [-0.1, -0.05) is 105 Å². The van der Waals surface area contributed by atoms with Crippen LogP contribution in [-0.4, -0.2) is 65.5 Å². The zero-order chi connectivity index (χ0) is 37.9. The Kier molecular flexibility index (Phi) is 19.6. The second-order valence-electron chi connectivity index (χ2n) is 18.3. The minimum atomic E-state index is -4.37. The first-order chi connectivity index (χ1) is 24.7. The van der Waals surface area contributed by atoms with Crippen molar-refractivity contribution in [2.45, 2.75) is 194 Å². The van der Waals surface area contributed by atoms with Crippen molar-refractivity contribution >= 4 is 21.9 Å². The van der Waals surface area contributed by atoms with E-state index in [0.29, 0.717) is 25.2 Å². The van der Waals surface area contributed by atoms with Crippen molar-refractivity contribution in [1.29, 1.82) is 0 Å². The van der Waals surface area contributed by atoms with E-state index in [9.17, 15) is 32.8 Å². The van der Waals surface area contributed by atoms with Gasteiger partial charge in [0, 0.05) is 25.4 Å². The number of carbonyl (C=O) groups is 2. The first kappa shape index (κ1) is 47.1. The molecule has 9 nitrogen and oxygen atoms in total. The summed E-state index contributed by atoms with van der Waals surface area (Å²) in [5, 5.41) is 29.7. The predicted molar refractivity (Wildman–Crippen MR) is 206 cm³/mol. The molecule has 53 heavy (non-hydrogen) atoms. The van der Waals surface area contributed by atoms with Crippen LogP contribution in [0, 0.1) is 46.3 Å². The number of aliphatic hydroxyl groups excluding tert-OH is 2. The number of hydrogen-bond donors (Lipinski definition) is 4. The summed E-state index contributed by atoms with van der Waals surface area (Å²) in [6.45, 7) is 8.86. The minimum Gasteiger partial charge on any atom is -0.748 e. The van der Waals surface area contributed by atoms with Gasteiger partial charge in [-0.25, -0.2) is 8.42 Å². The van der Waals surface area contributed by atoms with Crippen molar-refractivity contribution in [2.24, 2.45) is 46.3 Å².